The van der Waals surface area contributed by atoms with Crippen molar-refractivity contribution >= 4 is 11.8 Å². The highest BCUT2D eigenvalue weighted by Gasteiger charge is 2.37. The zero-order valence-electron chi connectivity index (χ0n) is 10.7. The Hall–Kier alpha value is -1.14. The van der Waals surface area contributed by atoms with Crippen molar-refractivity contribution in [3.8, 4) is 0 Å². The minimum atomic E-state index is -0.623. The molecular weight excluding hydrogens is 234 g/mol. The number of nitrogens with two attached hydrogens (primary N) is 1. The highest BCUT2D eigenvalue weighted by molar-refractivity contribution is 5.89. The molecule has 0 bridgehead atoms. The predicted octanol–water partition coefficient (Wildman–Crippen LogP) is -0.913. The van der Waals surface area contributed by atoms with Gasteiger partial charge in [0.05, 0.1) is 19.3 Å². The Morgan fingerprint density at radius 1 is 1.44 bits per heavy atom. The Balaban J connectivity index is 2.07. The molecule has 3 unspecified atom stereocenters. The van der Waals surface area contributed by atoms with E-state index in [-0.39, 0.29) is 18.6 Å². The topological polar surface area (TPSA) is 84.7 Å². The third-order valence-corrected chi connectivity index (χ3v) is 3.78. The standard InChI is InChI=1S/C12H21N3O3/c1-8-3-2-4-14-10(8)12(17)15-5-6-18-7-9(15)11(13)16/h8-10,14H,2-7H2,1H3,(H2,13,16). The molecule has 0 aromatic rings. The van der Waals surface area contributed by atoms with Gasteiger partial charge in [0.25, 0.3) is 0 Å². The van der Waals surface area contributed by atoms with Crippen LogP contribution in [-0.4, -0.2) is 55.1 Å². The molecule has 0 radical (unpaired) electrons. The number of hydrogen-bond donors (Lipinski definition) is 2. The second-order valence-corrected chi connectivity index (χ2v) is 5.08. The summed E-state index contributed by atoms with van der Waals surface area (Å²) < 4.78 is 5.22. The van der Waals surface area contributed by atoms with E-state index in [0.29, 0.717) is 19.1 Å². The monoisotopic (exact) mass is 255 g/mol. The van der Waals surface area contributed by atoms with E-state index >= 15 is 0 Å². The lowest BCUT2D eigenvalue weighted by Gasteiger charge is -2.38. The molecule has 102 valence electrons. The van der Waals surface area contributed by atoms with Crippen LogP contribution in [0.3, 0.4) is 0 Å². The fourth-order valence-corrected chi connectivity index (χ4v) is 2.66. The molecule has 3 N–H and O–H groups in total. The van der Waals surface area contributed by atoms with Crippen LogP contribution in [0.4, 0.5) is 0 Å². The van der Waals surface area contributed by atoms with Gasteiger partial charge in [0.1, 0.15) is 6.04 Å². The van der Waals surface area contributed by atoms with Gasteiger partial charge in [-0.1, -0.05) is 6.92 Å². The first kappa shape index (κ1) is 13.3. The van der Waals surface area contributed by atoms with Crippen molar-refractivity contribution in [2.24, 2.45) is 11.7 Å². The van der Waals surface area contributed by atoms with Gasteiger partial charge in [-0.2, -0.15) is 0 Å². The summed E-state index contributed by atoms with van der Waals surface area (Å²) in [5.74, 6) is -0.219. The SMILES string of the molecule is CC1CCCNC1C(=O)N1CCOCC1C(N)=O. The minimum absolute atomic E-state index is 0.0192. The van der Waals surface area contributed by atoms with Crippen molar-refractivity contribution in [3.63, 3.8) is 0 Å². The Morgan fingerprint density at radius 2 is 2.22 bits per heavy atom. The van der Waals surface area contributed by atoms with Crippen LogP contribution in [-0.2, 0) is 14.3 Å². The zero-order valence-corrected chi connectivity index (χ0v) is 10.7. The second kappa shape index (κ2) is 5.67. The molecule has 2 aliphatic rings. The molecule has 2 fully saturated rings. The van der Waals surface area contributed by atoms with Gasteiger partial charge in [-0.25, -0.2) is 0 Å². The maximum atomic E-state index is 12.5. The van der Waals surface area contributed by atoms with Crippen LogP contribution in [0, 0.1) is 5.92 Å². The third kappa shape index (κ3) is 2.64. The molecule has 2 amide bonds. The molecule has 3 atom stereocenters. The summed E-state index contributed by atoms with van der Waals surface area (Å²) in [6.07, 6.45) is 2.13. The van der Waals surface area contributed by atoms with E-state index in [1.165, 1.54) is 0 Å². The first-order valence-corrected chi connectivity index (χ1v) is 6.52. The number of carbonyl (C=O) groups is 2. The predicted molar refractivity (Wildman–Crippen MR) is 65.7 cm³/mol. The van der Waals surface area contributed by atoms with Crippen LogP contribution >= 0.6 is 0 Å². The molecule has 6 nitrogen and oxygen atoms in total. The van der Waals surface area contributed by atoms with Gasteiger partial charge < -0.3 is 20.7 Å². The molecule has 0 spiro atoms. The van der Waals surface area contributed by atoms with E-state index in [4.69, 9.17) is 10.5 Å². The van der Waals surface area contributed by atoms with Crippen LogP contribution in [0.2, 0.25) is 0 Å². The minimum Gasteiger partial charge on any atom is -0.377 e. The molecule has 2 aliphatic heterocycles. The fraction of sp³-hybridized carbons (Fsp3) is 0.833. The van der Waals surface area contributed by atoms with Crippen LogP contribution in [0.25, 0.3) is 0 Å². The lowest BCUT2D eigenvalue weighted by Crippen LogP contribution is -2.61. The third-order valence-electron chi connectivity index (χ3n) is 3.78. The normalized spacial score (nSPS) is 33.2. The van der Waals surface area contributed by atoms with Crippen molar-refractivity contribution in [3.05, 3.63) is 0 Å². The van der Waals surface area contributed by atoms with E-state index in [1.807, 2.05) is 0 Å². The first-order valence-electron chi connectivity index (χ1n) is 6.52. The maximum Gasteiger partial charge on any atom is 0.242 e. The zero-order chi connectivity index (χ0) is 13.1. The maximum absolute atomic E-state index is 12.5. The molecule has 2 saturated heterocycles. The number of rotatable bonds is 2. The first-order chi connectivity index (χ1) is 8.61. The number of carbonyl (C=O) groups excluding carboxylic acids is 2. The molecule has 2 heterocycles. The summed E-state index contributed by atoms with van der Waals surface area (Å²) in [7, 11) is 0. The van der Waals surface area contributed by atoms with E-state index < -0.39 is 11.9 Å². The smallest absolute Gasteiger partial charge is 0.242 e. The summed E-state index contributed by atoms with van der Waals surface area (Å²) in [6.45, 7) is 4.04. The number of nitrogens with zero attached hydrogens (tertiary/aromatic N) is 1. The lowest BCUT2D eigenvalue weighted by atomic mass is 9.91. The van der Waals surface area contributed by atoms with E-state index in [1.54, 1.807) is 4.90 Å². The fourth-order valence-electron chi connectivity index (χ4n) is 2.66. The van der Waals surface area contributed by atoms with E-state index in [2.05, 4.69) is 12.2 Å². The number of nitrogens with one attached hydrogen (secondary N) is 1. The number of hydrogen-bond acceptors (Lipinski definition) is 4. The summed E-state index contributed by atoms with van der Waals surface area (Å²) in [4.78, 5) is 25.4. The van der Waals surface area contributed by atoms with Crippen LogP contribution < -0.4 is 11.1 Å². The van der Waals surface area contributed by atoms with E-state index in [0.717, 1.165) is 19.4 Å². The van der Waals surface area contributed by atoms with Crippen molar-refractivity contribution < 1.29 is 14.3 Å². The molecule has 0 saturated carbocycles. The van der Waals surface area contributed by atoms with Gasteiger partial charge in [-0.15, -0.1) is 0 Å². The van der Waals surface area contributed by atoms with E-state index in [9.17, 15) is 9.59 Å². The van der Waals surface area contributed by atoms with Crippen molar-refractivity contribution in [1.82, 2.24) is 10.2 Å². The Kier molecular flexibility index (Phi) is 4.19. The highest BCUT2D eigenvalue weighted by atomic mass is 16.5. The average molecular weight is 255 g/mol. The van der Waals surface area contributed by atoms with Gasteiger partial charge in [-0.3, -0.25) is 9.59 Å². The largest absolute Gasteiger partial charge is 0.377 e. The molecule has 2 rings (SSSR count). The Bertz CT molecular complexity index is 335. The van der Waals surface area contributed by atoms with Crippen LogP contribution in [0.1, 0.15) is 19.8 Å². The molecular formula is C12H21N3O3. The second-order valence-electron chi connectivity index (χ2n) is 5.08. The molecule has 6 heteroatoms. The number of primary amides is 1. The van der Waals surface area contributed by atoms with Gasteiger partial charge in [0.15, 0.2) is 0 Å². The van der Waals surface area contributed by atoms with Gasteiger partial charge in [0.2, 0.25) is 11.8 Å². The highest BCUT2D eigenvalue weighted by Crippen LogP contribution is 2.19. The van der Waals surface area contributed by atoms with Crippen LogP contribution in [0.5, 0.6) is 0 Å². The van der Waals surface area contributed by atoms with Gasteiger partial charge >= 0.3 is 0 Å². The number of amides is 2. The lowest BCUT2D eigenvalue weighted by molar-refractivity contribution is -0.150. The van der Waals surface area contributed by atoms with Crippen LogP contribution in [0.15, 0.2) is 0 Å². The van der Waals surface area contributed by atoms with Crippen molar-refractivity contribution in [2.75, 3.05) is 26.3 Å². The van der Waals surface area contributed by atoms with Crippen molar-refractivity contribution in [1.29, 1.82) is 0 Å². The van der Waals surface area contributed by atoms with Crippen molar-refractivity contribution in [2.45, 2.75) is 31.8 Å². The number of ether oxygens (including phenoxy) is 1. The number of morpholine rings is 1. The molecule has 0 aliphatic carbocycles. The summed E-state index contributed by atoms with van der Waals surface area (Å²) in [6, 6.07) is -0.819. The Labute approximate surface area is 107 Å². The Morgan fingerprint density at radius 3 is 2.89 bits per heavy atom. The molecule has 18 heavy (non-hydrogen) atoms. The molecule has 0 aromatic heterocycles. The van der Waals surface area contributed by atoms with Gasteiger partial charge in [0, 0.05) is 6.54 Å². The van der Waals surface area contributed by atoms with Gasteiger partial charge in [-0.05, 0) is 25.3 Å². The quantitative estimate of drug-likeness (QED) is 0.669. The summed E-state index contributed by atoms with van der Waals surface area (Å²) in [5.41, 5.74) is 5.33. The number of piperidine rings is 1. The summed E-state index contributed by atoms with van der Waals surface area (Å²) in [5, 5.41) is 3.24. The summed E-state index contributed by atoms with van der Waals surface area (Å²) >= 11 is 0. The average Bonchev–Trinajstić information content (AvgIpc) is 2.38. The molecule has 0 aromatic carbocycles.